The van der Waals surface area contributed by atoms with Crippen molar-refractivity contribution < 1.29 is 9.59 Å². The van der Waals surface area contributed by atoms with Crippen LogP contribution in [0.25, 0.3) is 22.5 Å². The number of hydrogen-bond donors (Lipinski definition) is 4. The van der Waals surface area contributed by atoms with E-state index in [1.54, 1.807) is 12.1 Å². The molecule has 138 valence electrons. The van der Waals surface area contributed by atoms with Gasteiger partial charge in [0.1, 0.15) is 11.4 Å². The number of rotatable bonds is 4. The Balaban J connectivity index is 1.38. The number of nitrogens with one attached hydrogen (secondary N) is 4. The molecule has 2 amide bonds. The van der Waals surface area contributed by atoms with Crippen LogP contribution < -0.4 is 10.9 Å². The number of aromatic amines is 2. The van der Waals surface area contributed by atoms with Crippen LogP contribution in [0.3, 0.4) is 0 Å². The monoisotopic (exact) mass is 372 g/mol. The summed E-state index contributed by atoms with van der Waals surface area (Å²) >= 11 is 0. The van der Waals surface area contributed by atoms with Crippen molar-refractivity contribution in [1.29, 1.82) is 0 Å². The van der Waals surface area contributed by atoms with E-state index >= 15 is 0 Å². The van der Waals surface area contributed by atoms with Gasteiger partial charge in [0.2, 0.25) is 0 Å². The number of carbonyl (C=O) groups is 2. The predicted molar refractivity (Wildman–Crippen MR) is 103 cm³/mol. The van der Waals surface area contributed by atoms with Crippen LogP contribution in [0.1, 0.15) is 21.0 Å². The van der Waals surface area contributed by atoms with Crippen molar-refractivity contribution in [3.8, 4) is 22.5 Å². The summed E-state index contributed by atoms with van der Waals surface area (Å²) in [6, 6.07) is 22.1. The van der Waals surface area contributed by atoms with Crippen LogP contribution in [0.15, 0.2) is 72.8 Å². The Morgan fingerprint density at radius 2 is 1.04 bits per heavy atom. The second-order valence-electron chi connectivity index (χ2n) is 5.97. The Kier molecular flexibility index (Phi) is 4.67. The average molecular weight is 372 g/mol. The Morgan fingerprint density at radius 1 is 0.643 bits per heavy atom. The maximum Gasteiger partial charge on any atom is 0.287 e. The summed E-state index contributed by atoms with van der Waals surface area (Å²) < 4.78 is 0. The van der Waals surface area contributed by atoms with Crippen LogP contribution in [-0.4, -0.2) is 32.2 Å². The third-order valence-electron chi connectivity index (χ3n) is 4.07. The zero-order chi connectivity index (χ0) is 19.3. The molecule has 0 atom stereocenters. The van der Waals surface area contributed by atoms with Gasteiger partial charge in [-0.05, 0) is 12.1 Å². The van der Waals surface area contributed by atoms with Gasteiger partial charge < -0.3 is 0 Å². The molecular weight excluding hydrogens is 356 g/mol. The summed E-state index contributed by atoms with van der Waals surface area (Å²) in [7, 11) is 0. The van der Waals surface area contributed by atoms with E-state index in [-0.39, 0.29) is 11.4 Å². The van der Waals surface area contributed by atoms with Gasteiger partial charge in [0, 0.05) is 11.1 Å². The highest BCUT2D eigenvalue weighted by Crippen LogP contribution is 2.17. The standard InChI is InChI=1S/C20H16N6O2/c27-19(17-11-15(21-23-17)13-7-3-1-4-8-13)25-26-20(28)18-12-16(22-24-18)14-9-5-2-6-10-14/h1-12H,(H,21,23)(H,22,24)(H,25,27)(H,26,28). The minimum atomic E-state index is -0.508. The molecule has 0 bridgehead atoms. The maximum absolute atomic E-state index is 12.2. The highest BCUT2D eigenvalue weighted by molar-refractivity contribution is 5.98. The fourth-order valence-corrected chi connectivity index (χ4v) is 2.64. The molecule has 0 saturated heterocycles. The van der Waals surface area contributed by atoms with Crippen LogP contribution in [-0.2, 0) is 0 Å². The molecule has 0 aliphatic rings. The van der Waals surface area contributed by atoms with Gasteiger partial charge in [-0.2, -0.15) is 10.2 Å². The van der Waals surface area contributed by atoms with Crippen molar-refractivity contribution in [2.75, 3.05) is 0 Å². The van der Waals surface area contributed by atoms with Crippen molar-refractivity contribution in [3.05, 3.63) is 84.2 Å². The summed E-state index contributed by atoms with van der Waals surface area (Å²) in [6.45, 7) is 0. The first-order valence-corrected chi connectivity index (χ1v) is 8.53. The Labute approximate surface area is 160 Å². The highest BCUT2D eigenvalue weighted by Gasteiger charge is 2.14. The van der Waals surface area contributed by atoms with E-state index < -0.39 is 11.8 Å². The molecule has 2 aromatic carbocycles. The van der Waals surface area contributed by atoms with Gasteiger partial charge in [0.05, 0.1) is 11.4 Å². The quantitative estimate of drug-likeness (QED) is 0.412. The lowest BCUT2D eigenvalue weighted by Crippen LogP contribution is -2.41. The van der Waals surface area contributed by atoms with Gasteiger partial charge >= 0.3 is 0 Å². The first kappa shape index (κ1) is 17.2. The lowest BCUT2D eigenvalue weighted by atomic mass is 10.1. The first-order chi connectivity index (χ1) is 13.7. The first-order valence-electron chi connectivity index (χ1n) is 8.53. The number of hydrazine groups is 1. The van der Waals surface area contributed by atoms with E-state index in [1.807, 2.05) is 60.7 Å². The second kappa shape index (κ2) is 7.58. The van der Waals surface area contributed by atoms with Crippen LogP contribution in [0, 0.1) is 0 Å². The number of aromatic nitrogens is 4. The smallest absolute Gasteiger partial charge is 0.272 e. The normalized spacial score (nSPS) is 10.4. The topological polar surface area (TPSA) is 116 Å². The van der Waals surface area contributed by atoms with Crippen molar-refractivity contribution in [1.82, 2.24) is 31.2 Å². The molecule has 4 N–H and O–H groups in total. The molecule has 4 aromatic rings. The Morgan fingerprint density at radius 3 is 1.43 bits per heavy atom. The summed E-state index contributed by atoms with van der Waals surface area (Å²) in [5.41, 5.74) is 8.21. The van der Waals surface area contributed by atoms with E-state index in [2.05, 4.69) is 31.2 Å². The van der Waals surface area contributed by atoms with E-state index in [4.69, 9.17) is 0 Å². The molecule has 0 aliphatic heterocycles. The van der Waals surface area contributed by atoms with Gasteiger partial charge in [0.15, 0.2) is 0 Å². The molecule has 2 heterocycles. The minimum absolute atomic E-state index is 0.230. The largest absolute Gasteiger partial charge is 0.287 e. The number of nitrogens with zero attached hydrogens (tertiary/aromatic N) is 2. The molecule has 4 rings (SSSR count). The van der Waals surface area contributed by atoms with E-state index in [9.17, 15) is 9.59 Å². The molecule has 0 spiro atoms. The van der Waals surface area contributed by atoms with Crippen molar-refractivity contribution >= 4 is 11.8 Å². The average Bonchev–Trinajstić information content (AvgIpc) is 3.43. The maximum atomic E-state index is 12.2. The summed E-state index contributed by atoms with van der Waals surface area (Å²) in [6.07, 6.45) is 0. The third-order valence-corrected chi connectivity index (χ3v) is 4.07. The van der Waals surface area contributed by atoms with Crippen molar-refractivity contribution in [2.24, 2.45) is 0 Å². The summed E-state index contributed by atoms with van der Waals surface area (Å²) in [5, 5.41) is 13.5. The Bertz CT molecular complexity index is 1010. The van der Waals surface area contributed by atoms with Crippen LogP contribution in [0.5, 0.6) is 0 Å². The van der Waals surface area contributed by atoms with Crippen molar-refractivity contribution in [2.45, 2.75) is 0 Å². The third kappa shape index (κ3) is 3.65. The minimum Gasteiger partial charge on any atom is -0.272 e. The summed E-state index contributed by atoms with van der Waals surface area (Å²) in [4.78, 5) is 24.5. The fraction of sp³-hybridized carbons (Fsp3) is 0. The van der Waals surface area contributed by atoms with Gasteiger partial charge in [-0.25, -0.2) is 0 Å². The number of amides is 2. The molecule has 8 nitrogen and oxygen atoms in total. The van der Waals surface area contributed by atoms with Crippen LogP contribution in [0.2, 0.25) is 0 Å². The number of carbonyl (C=O) groups excluding carboxylic acids is 2. The molecule has 2 aromatic heterocycles. The summed E-state index contributed by atoms with van der Waals surface area (Å²) in [5.74, 6) is -1.02. The predicted octanol–water partition coefficient (Wildman–Crippen LogP) is 2.54. The highest BCUT2D eigenvalue weighted by atomic mass is 16.2. The zero-order valence-corrected chi connectivity index (χ0v) is 14.6. The van der Waals surface area contributed by atoms with E-state index in [1.165, 1.54) is 0 Å². The molecule has 28 heavy (non-hydrogen) atoms. The Hall–Kier alpha value is -4.20. The molecule has 0 saturated carbocycles. The van der Waals surface area contributed by atoms with Crippen molar-refractivity contribution in [3.63, 3.8) is 0 Å². The fourth-order valence-electron chi connectivity index (χ4n) is 2.64. The lowest BCUT2D eigenvalue weighted by molar-refractivity contribution is 0.0841. The number of hydrogen-bond acceptors (Lipinski definition) is 4. The molecule has 0 unspecified atom stereocenters. The van der Waals surface area contributed by atoms with Crippen LogP contribution in [0.4, 0.5) is 0 Å². The molecule has 0 radical (unpaired) electrons. The van der Waals surface area contributed by atoms with E-state index in [0.717, 1.165) is 11.1 Å². The van der Waals surface area contributed by atoms with Gasteiger partial charge in [-0.15, -0.1) is 0 Å². The molecule has 0 fully saturated rings. The van der Waals surface area contributed by atoms with Gasteiger partial charge in [-0.1, -0.05) is 60.7 Å². The van der Waals surface area contributed by atoms with Gasteiger partial charge in [0.25, 0.3) is 11.8 Å². The van der Waals surface area contributed by atoms with Gasteiger partial charge in [-0.3, -0.25) is 30.6 Å². The molecule has 8 heteroatoms. The lowest BCUT2D eigenvalue weighted by Gasteiger charge is -2.04. The van der Waals surface area contributed by atoms with Crippen LogP contribution >= 0.6 is 0 Å². The van der Waals surface area contributed by atoms with E-state index in [0.29, 0.717) is 11.4 Å². The number of H-pyrrole nitrogens is 2. The molecule has 0 aliphatic carbocycles. The SMILES string of the molecule is O=C(NNC(=O)c1cc(-c2ccccc2)n[nH]1)c1cc(-c2ccccc2)n[nH]1. The molecular formula is C20H16N6O2. The number of benzene rings is 2. The zero-order valence-electron chi connectivity index (χ0n) is 14.6. The second-order valence-corrected chi connectivity index (χ2v) is 5.97.